The minimum absolute atomic E-state index is 0.280. The van der Waals surface area contributed by atoms with Gasteiger partial charge < -0.3 is 14.2 Å². The molecule has 0 aromatic carbocycles. The Labute approximate surface area is 93.1 Å². The Morgan fingerprint density at radius 3 is 2.47 bits per heavy atom. The molecule has 1 saturated heterocycles. The van der Waals surface area contributed by atoms with Gasteiger partial charge in [0.15, 0.2) is 0 Å². The van der Waals surface area contributed by atoms with Crippen molar-refractivity contribution in [3.05, 3.63) is 0 Å². The summed E-state index contributed by atoms with van der Waals surface area (Å²) in [6, 6.07) is 0. The van der Waals surface area contributed by atoms with Gasteiger partial charge in [-0.3, -0.25) is 0 Å². The van der Waals surface area contributed by atoms with Gasteiger partial charge in [0.1, 0.15) is 0 Å². The van der Waals surface area contributed by atoms with Crippen molar-refractivity contribution in [2.75, 3.05) is 19.8 Å². The zero-order valence-electron chi connectivity index (χ0n) is 10.2. The SMILES string of the molecule is CCCOCC1CCC(COC(C)C)O1. The van der Waals surface area contributed by atoms with E-state index in [0.29, 0.717) is 6.10 Å². The van der Waals surface area contributed by atoms with Crippen LogP contribution in [0.15, 0.2) is 0 Å². The monoisotopic (exact) mass is 216 g/mol. The normalized spacial score (nSPS) is 26.4. The van der Waals surface area contributed by atoms with Gasteiger partial charge in [0.2, 0.25) is 0 Å². The quantitative estimate of drug-likeness (QED) is 0.612. The molecule has 0 amide bonds. The van der Waals surface area contributed by atoms with E-state index in [9.17, 15) is 0 Å². The summed E-state index contributed by atoms with van der Waals surface area (Å²) in [6.45, 7) is 8.53. The van der Waals surface area contributed by atoms with Crippen LogP contribution in [0.25, 0.3) is 0 Å². The molecule has 1 aliphatic rings. The fourth-order valence-electron chi connectivity index (χ4n) is 1.68. The zero-order chi connectivity index (χ0) is 11.1. The third-order valence-corrected chi connectivity index (χ3v) is 2.46. The molecule has 2 atom stereocenters. The molecule has 0 spiro atoms. The number of hydrogen-bond acceptors (Lipinski definition) is 3. The van der Waals surface area contributed by atoms with Crippen LogP contribution in [0.2, 0.25) is 0 Å². The Hall–Kier alpha value is -0.120. The van der Waals surface area contributed by atoms with Crippen molar-refractivity contribution in [3.8, 4) is 0 Å². The van der Waals surface area contributed by atoms with Gasteiger partial charge in [-0.2, -0.15) is 0 Å². The van der Waals surface area contributed by atoms with E-state index in [1.54, 1.807) is 0 Å². The summed E-state index contributed by atoms with van der Waals surface area (Å²) in [7, 11) is 0. The van der Waals surface area contributed by atoms with Crippen LogP contribution < -0.4 is 0 Å². The predicted molar refractivity (Wildman–Crippen MR) is 60.1 cm³/mol. The van der Waals surface area contributed by atoms with E-state index < -0.39 is 0 Å². The lowest BCUT2D eigenvalue weighted by Crippen LogP contribution is -2.21. The topological polar surface area (TPSA) is 27.7 Å². The standard InChI is InChI=1S/C12H24O3/c1-4-7-13-8-11-5-6-12(15-11)9-14-10(2)3/h10-12H,4-9H2,1-3H3. The average Bonchev–Trinajstić information content (AvgIpc) is 2.63. The van der Waals surface area contributed by atoms with Crippen molar-refractivity contribution < 1.29 is 14.2 Å². The number of hydrogen-bond donors (Lipinski definition) is 0. The smallest absolute Gasteiger partial charge is 0.0814 e. The molecule has 1 aliphatic heterocycles. The van der Waals surface area contributed by atoms with Gasteiger partial charge in [0.05, 0.1) is 31.5 Å². The van der Waals surface area contributed by atoms with Crippen molar-refractivity contribution in [3.63, 3.8) is 0 Å². The summed E-state index contributed by atoms with van der Waals surface area (Å²) in [6.07, 6.45) is 4.15. The minimum atomic E-state index is 0.280. The van der Waals surface area contributed by atoms with Crippen LogP contribution in [-0.2, 0) is 14.2 Å². The number of ether oxygens (including phenoxy) is 3. The molecule has 2 unspecified atom stereocenters. The van der Waals surface area contributed by atoms with Crippen LogP contribution in [0.5, 0.6) is 0 Å². The van der Waals surface area contributed by atoms with Crippen molar-refractivity contribution in [1.82, 2.24) is 0 Å². The fourth-order valence-corrected chi connectivity index (χ4v) is 1.68. The lowest BCUT2D eigenvalue weighted by atomic mass is 10.2. The zero-order valence-corrected chi connectivity index (χ0v) is 10.2. The van der Waals surface area contributed by atoms with E-state index in [-0.39, 0.29) is 12.2 Å². The largest absolute Gasteiger partial charge is 0.379 e. The Morgan fingerprint density at radius 2 is 1.87 bits per heavy atom. The van der Waals surface area contributed by atoms with Crippen molar-refractivity contribution in [2.45, 2.75) is 58.3 Å². The van der Waals surface area contributed by atoms with E-state index in [0.717, 1.165) is 39.1 Å². The molecule has 0 aliphatic carbocycles. The molecular formula is C12H24O3. The minimum Gasteiger partial charge on any atom is -0.379 e. The third-order valence-electron chi connectivity index (χ3n) is 2.46. The lowest BCUT2D eigenvalue weighted by molar-refractivity contribution is -0.0556. The first-order valence-corrected chi connectivity index (χ1v) is 6.07. The first-order valence-electron chi connectivity index (χ1n) is 6.07. The van der Waals surface area contributed by atoms with Crippen LogP contribution in [0, 0.1) is 0 Å². The molecule has 3 nitrogen and oxygen atoms in total. The van der Waals surface area contributed by atoms with Gasteiger partial charge in [-0.05, 0) is 33.1 Å². The van der Waals surface area contributed by atoms with Crippen LogP contribution >= 0.6 is 0 Å². The van der Waals surface area contributed by atoms with E-state index in [1.165, 1.54) is 0 Å². The van der Waals surface area contributed by atoms with Crippen LogP contribution in [0.4, 0.5) is 0 Å². The molecule has 1 heterocycles. The second-order valence-electron chi connectivity index (χ2n) is 4.41. The van der Waals surface area contributed by atoms with Crippen LogP contribution in [-0.4, -0.2) is 38.1 Å². The number of rotatable bonds is 7. The average molecular weight is 216 g/mol. The van der Waals surface area contributed by atoms with Crippen molar-refractivity contribution in [1.29, 1.82) is 0 Å². The molecule has 0 N–H and O–H groups in total. The Morgan fingerprint density at radius 1 is 1.20 bits per heavy atom. The summed E-state index contributed by atoms with van der Waals surface area (Å²) in [4.78, 5) is 0. The predicted octanol–water partition coefficient (Wildman–Crippen LogP) is 2.39. The molecule has 15 heavy (non-hydrogen) atoms. The van der Waals surface area contributed by atoms with Crippen molar-refractivity contribution >= 4 is 0 Å². The molecule has 1 rings (SSSR count). The molecule has 0 aromatic heterocycles. The summed E-state index contributed by atoms with van der Waals surface area (Å²) in [5, 5.41) is 0. The van der Waals surface area contributed by atoms with Gasteiger partial charge in [0.25, 0.3) is 0 Å². The van der Waals surface area contributed by atoms with Gasteiger partial charge in [0, 0.05) is 6.61 Å². The molecule has 0 bridgehead atoms. The summed E-state index contributed by atoms with van der Waals surface area (Å²) < 4.78 is 16.8. The summed E-state index contributed by atoms with van der Waals surface area (Å²) in [5.41, 5.74) is 0. The summed E-state index contributed by atoms with van der Waals surface area (Å²) in [5.74, 6) is 0. The molecule has 1 fully saturated rings. The second kappa shape index (κ2) is 7.20. The first-order chi connectivity index (χ1) is 7.22. The molecule has 3 heteroatoms. The fraction of sp³-hybridized carbons (Fsp3) is 1.00. The Kier molecular flexibility index (Phi) is 6.22. The van der Waals surface area contributed by atoms with E-state index >= 15 is 0 Å². The highest BCUT2D eigenvalue weighted by atomic mass is 16.6. The Bertz CT molecular complexity index is 159. The maximum atomic E-state index is 5.81. The van der Waals surface area contributed by atoms with E-state index in [2.05, 4.69) is 20.8 Å². The van der Waals surface area contributed by atoms with Gasteiger partial charge in [-0.25, -0.2) is 0 Å². The lowest BCUT2D eigenvalue weighted by Gasteiger charge is -2.15. The highest BCUT2D eigenvalue weighted by Gasteiger charge is 2.25. The third kappa shape index (κ3) is 5.50. The van der Waals surface area contributed by atoms with Gasteiger partial charge in [-0.15, -0.1) is 0 Å². The molecule has 0 saturated carbocycles. The molecule has 0 aromatic rings. The van der Waals surface area contributed by atoms with E-state index in [4.69, 9.17) is 14.2 Å². The highest BCUT2D eigenvalue weighted by molar-refractivity contribution is 4.73. The highest BCUT2D eigenvalue weighted by Crippen LogP contribution is 2.20. The van der Waals surface area contributed by atoms with Gasteiger partial charge >= 0.3 is 0 Å². The van der Waals surface area contributed by atoms with Gasteiger partial charge in [-0.1, -0.05) is 6.92 Å². The maximum Gasteiger partial charge on any atom is 0.0814 e. The second-order valence-corrected chi connectivity index (χ2v) is 4.41. The maximum absolute atomic E-state index is 5.81. The molecular weight excluding hydrogens is 192 g/mol. The van der Waals surface area contributed by atoms with Crippen LogP contribution in [0.3, 0.4) is 0 Å². The molecule has 90 valence electrons. The molecule has 0 radical (unpaired) electrons. The van der Waals surface area contributed by atoms with Crippen LogP contribution in [0.1, 0.15) is 40.0 Å². The summed E-state index contributed by atoms with van der Waals surface area (Å²) >= 11 is 0. The first kappa shape index (κ1) is 12.9. The van der Waals surface area contributed by atoms with Crippen molar-refractivity contribution in [2.24, 2.45) is 0 Å². The van der Waals surface area contributed by atoms with E-state index in [1.807, 2.05) is 0 Å². The Balaban J connectivity index is 2.04.